The van der Waals surface area contributed by atoms with Gasteiger partial charge in [-0.1, -0.05) is 71.3 Å². The lowest BCUT2D eigenvalue weighted by atomic mass is 9.99. The Bertz CT molecular complexity index is 1030. The van der Waals surface area contributed by atoms with Crippen LogP contribution in [0.5, 0.6) is 0 Å². The van der Waals surface area contributed by atoms with Gasteiger partial charge in [0.1, 0.15) is 0 Å². The molecule has 5 rings (SSSR count). The number of hydrogen-bond donors (Lipinski definition) is 1. The number of H-pyrrole nitrogens is 1. The van der Waals surface area contributed by atoms with Gasteiger partial charge in [-0.15, -0.1) is 0 Å². The average molecular weight is 423 g/mol. The summed E-state index contributed by atoms with van der Waals surface area (Å²) in [4.78, 5) is 9.14. The number of thioether (sulfide) groups is 4. The Kier molecular flexibility index (Phi) is 4.97. The van der Waals surface area contributed by atoms with Crippen molar-refractivity contribution in [1.82, 2.24) is 4.98 Å². The fourth-order valence-corrected chi connectivity index (χ4v) is 7.43. The summed E-state index contributed by atoms with van der Waals surface area (Å²) in [7, 11) is 0. The number of aromatic amines is 1. The lowest BCUT2D eigenvalue weighted by molar-refractivity contribution is 1.32. The van der Waals surface area contributed by atoms with Gasteiger partial charge in [-0.25, -0.2) is 0 Å². The molecule has 0 aliphatic carbocycles. The average Bonchev–Trinajstić information content (AvgIpc) is 3.51. The molecule has 0 radical (unpaired) electrons. The molecule has 3 aliphatic rings. The Morgan fingerprint density at radius 2 is 1.78 bits per heavy atom. The molecule has 2 aromatic rings. The van der Waals surface area contributed by atoms with Crippen LogP contribution in [0.25, 0.3) is 10.5 Å². The van der Waals surface area contributed by atoms with E-state index in [-0.39, 0.29) is 0 Å². The first-order valence-corrected chi connectivity index (χ1v) is 11.8. The molecule has 0 saturated carbocycles. The summed E-state index contributed by atoms with van der Waals surface area (Å²) in [6, 6.07) is 12.9. The Hall–Kier alpha value is -1.73. The fourth-order valence-electron chi connectivity index (χ4n) is 2.95. The summed E-state index contributed by atoms with van der Waals surface area (Å²) in [6.45, 7) is 0. The zero-order chi connectivity index (χ0) is 18.1. The minimum Gasteiger partial charge on any atom is -0.361 e. The van der Waals surface area contributed by atoms with Gasteiger partial charge in [0, 0.05) is 28.6 Å². The second-order valence-electron chi connectivity index (χ2n) is 5.84. The smallest absolute Gasteiger partial charge is 0.0729 e. The summed E-state index contributed by atoms with van der Waals surface area (Å²) in [6.07, 6.45) is 7.83. The van der Waals surface area contributed by atoms with Crippen molar-refractivity contribution in [3.05, 3.63) is 102 Å². The van der Waals surface area contributed by atoms with Crippen LogP contribution < -0.4 is 0 Å². The molecule has 0 spiro atoms. The first kappa shape index (κ1) is 17.4. The van der Waals surface area contributed by atoms with Crippen LogP contribution >= 0.6 is 47.0 Å². The van der Waals surface area contributed by atoms with Crippen LogP contribution in [-0.4, -0.2) is 11.2 Å². The molecule has 0 amide bonds. The van der Waals surface area contributed by atoms with Gasteiger partial charge >= 0.3 is 0 Å². The maximum Gasteiger partial charge on any atom is 0.0729 e. The third-order valence-electron chi connectivity index (χ3n) is 4.18. The Morgan fingerprint density at radius 3 is 2.48 bits per heavy atom. The van der Waals surface area contributed by atoms with Crippen LogP contribution in [0, 0.1) is 0 Å². The topological polar surface area (TPSA) is 28.1 Å². The van der Waals surface area contributed by atoms with Crippen LogP contribution in [0.4, 0.5) is 0 Å². The van der Waals surface area contributed by atoms with E-state index in [0.29, 0.717) is 0 Å². The zero-order valence-corrected chi connectivity index (χ0v) is 17.4. The Morgan fingerprint density at radius 1 is 0.926 bits per heavy atom. The number of benzene rings is 1. The number of hydrogen-bond acceptors (Lipinski definition) is 5. The van der Waals surface area contributed by atoms with Crippen molar-refractivity contribution in [2.45, 2.75) is 0 Å². The molecule has 4 heterocycles. The highest BCUT2D eigenvalue weighted by atomic mass is 32.2. The highest BCUT2D eigenvalue weighted by Crippen LogP contribution is 2.55. The van der Waals surface area contributed by atoms with Crippen LogP contribution in [0.1, 0.15) is 16.8 Å². The second-order valence-corrected chi connectivity index (χ2v) is 10.1. The van der Waals surface area contributed by atoms with Gasteiger partial charge in [0.25, 0.3) is 0 Å². The minimum absolute atomic E-state index is 0.991. The van der Waals surface area contributed by atoms with Crippen LogP contribution in [0.3, 0.4) is 0 Å². The number of rotatable bonds is 3. The highest BCUT2D eigenvalue weighted by molar-refractivity contribution is 8.35. The highest BCUT2D eigenvalue weighted by Gasteiger charge is 2.20. The van der Waals surface area contributed by atoms with Gasteiger partial charge in [0.15, 0.2) is 0 Å². The number of aromatic nitrogens is 1. The number of nitrogens with zero attached hydrogens (tertiary/aromatic N) is 1. The standard InChI is InChI=1S/C21H14N2S4/c1-3-16(22-9-1)19(17-4-2-10-23-17)15-7-5-14(6-8-15)18-13-26-21(27-18)20-24-11-12-25-20/h1-13,22H/b19-17+. The van der Waals surface area contributed by atoms with E-state index in [4.69, 9.17) is 0 Å². The molecular weight excluding hydrogens is 409 g/mol. The molecule has 3 aliphatic heterocycles. The first-order valence-electron chi connectivity index (χ1n) is 8.35. The van der Waals surface area contributed by atoms with Crippen molar-refractivity contribution in [2.75, 3.05) is 0 Å². The lowest BCUT2D eigenvalue weighted by Gasteiger charge is -2.10. The monoisotopic (exact) mass is 422 g/mol. The van der Waals surface area contributed by atoms with E-state index in [0.717, 1.165) is 17.0 Å². The molecule has 0 unspecified atom stereocenters. The predicted octanol–water partition coefficient (Wildman–Crippen LogP) is 7.27. The van der Waals surface area contributed by atoms with Crippen LogP contribution in [-0.2, 0) is 0 Å². The van der Waals surface area contributed by atoms with Crippen molar-refractivity contribution >= 4 is 63.7 Å². The molecule has 27 heavy (non-hydrogen) atoms. The zero-order valence-electron chi connectivity index (χ0n) is 14.1. The molecule has 0 bridgehead atoms. The van der Waals surface area contributed by atoms with Crippen molar-refractivity contribution in [2.24, 2.45) is 4.99 Å². The maximum atomic E-state index is 4.51. The lowest BCUT2D eigenvalue weighted by Crippen LogP contribution is -1.92. The molecule has 1 N–H and O–H groups in total. The van der Waals surface area contributed by atoms with Crippen LogP contribution in [0.15, 0.2) is 90.1 Å². The Labute approximate surface area is 175 Å². The molecule has 2 nitrogen and oxygen atoms in total. The summed E-state index contributed by atoms with van der Waals surface area (Å²) in [5, 5.41) is 6.56. The van der Waals surface area contributed by atoms with Gasteiger partial charge in [0.05, 0.1) is 14.2 Å². The van der Waals surface area contributed by atoms with E-state index in [9.17, 15) is 0 Å². The number of aliphatic imine (C=N–C) groups is 1. The summed E-state index contributed by atoms with van der Waals surface area (Å²) in [5.41, 5.74) is 5.63. The van der Waals surface area contributed by atoms with Gasteiger partial charge < -0.3 is 4.98 Å². The first-order chi connectivity index (χ1) is 13.4. The van der Waals surface area contributed by atoms with Gasteiger partial charge in [-0.2, -0.15) is 0 Å². The molecule has 0 saturated heterocycles. The van der Waals surface area contributed by atoms with Crippen molar-refractivity contribution in [1.29, 1.82) is 0 Å². The van der Waals surface area contributed by atoms with E-state index in [1.165, 1.54) is 24.5 Å². The van der Waals surface area contributed by atoms with Crippen LogP contribution in [0.2, 0.25) is 0 Å². The third kappa shape index (κ3) is 3.55. The number of nitrogens with one attached hydrogen (secondary N) is 1. The molecule has 132 valence electrons. The predicted molar refractivity (Wildman–Crippen MR) is 125 cm³/mol. The fraction of sp³-hybridized carbons (Fsp3) is 0. The van der Waals surface area contributed by atoms with E-state index >= 15 is 0 Å². The quantitative estimate of drug-likeness (QED) is 0.563. The summed E-state index contributed by atoms with van der Waals surface area (Å²) < 4.78 is 2.77. The Balaban J connectivity index is 1.44. The molecule has 0 atom stereocenters. The van der Waals surface area contributed by atoms with E-state index in [1.54, 1.807) is 0 Å². The normalized spacial score (nSPS) is 20.1. The maximum absolute atomic E-state index is 4.51. The second kappa shape index (κ2) is 7.72. The largest absolute Gasteiger partial charge is 0.361 e. The van der Waals surface area contributed by atoms with E-state index in [1.807, 2.05) is 71.6 Å². The van der Waals surface area contributed by atoms with E-state index < -0.39 is 0 Å². The number of allylic oxidation sites excluding steroid dienone is 2. The van der Waals surface area contributed by atoms with Crippen molar-refractivity contribution in [3.8, 4) is 0 Å². The third-order valence-corrected chi connectivity index (χ3v) is 9.25. The van der Waals surface area contributed by atoms with E-state index in [2.05, 4.69) is 62.6 Å². The molecule has 0 fully saturated rings. The minimum atomic E-state index is 0.991. The van der Waals surface area contributed by atoms with Crippen molar-refractivity contribution < 1.29 is 0 Å². The SMILES string of the molecule is C1=C/C(=C(/c2ccc(C3=CSC(=C4SC=CS4)S3)cc2)c2ccc[nH]2)N=C1. The molecule has 6 heteroatoms. The van der Waals surface area contributed by atoms with Gasteiger partial charge in [-0.3, -0.25) is 4.99 Å². The molecule has 1 aromatic heterocycles. The van der Waals surface area contributed by atoms with Gasteiger partial charge in [0.2, 0.25) is 0 Å². The molecule has 1 aromatic carbocycles. The summed E-state index contributed by atoms with van der Waals surface area (Å²) in [5.74, 6) is 0. The summed E-state index contributed by atoms with van der Waals surface area (Å²) >= 11 is 7.32. The van der Waals surface area contributed by atoms with Crippen molar-refractivity contribution in [3.63, 3.8) is 0 Å². The van der Waals surface area contributed by atoms with Gasteiger partial charge in [-0.05, 0) is 51.6 Å². The molecular formula is C21H14N2S4.